The zero-order valence-corrected chi connectivity index (χ0v) is 14.5. The average Bonchev–Trinajstić information content (AvgIpc) is 2.97. The van der Waals surface area contributed by atoms with Crippen LogP contribution < -0.4 is 9.47 Å². The van der Waals surface area contributed by atoms with Crippen molar-refractivity contribution in [3.63, 3.8) is 0 Å². The monoisotopic (exact) mass is 368 g/mol. The highest BCUT2D eigenvalue weighted by Gasteiger charge is 2.27. The Hall–Kier alpha value is -2.09. The quantitative estimate of drug-likeness (QED) is 0.758. The maximum atomic E-state index is 12.7. The van der Waals surface area contributed by atoms with Crippen LogP contribution in [0.2, 0.25) is 0 Å². The Labute approximate surface area is 148 Å². The van der Waals surface area contributed by atoms with Crippen LogP contribution >= 0.6 is 11.8 Å². The minimum atomic E-state index is -2.99. The van der Waals surface area contributed by atoms with Gasteiger partial charge in [-0.15, -0.1) is 0 Å². The number of amides is 1. The zero-order valence-electron chi connectivity index (χ0n) is 13.7. The summed E-state index contributed by atoms with van der Waals surface area (Å²) in [5.41, 5.74) is 0.352. The van der Waals surface area contributed by atoms with Gasteiger partial charge in [0, 0.05) is 18.7 Å². The number of hydrogen-bond donors (Lipinski definition) is 0. The number of halogens is 2. The molecule has 2 aliphatic heterocycles. The summed E-state index contributed by atoms with van der Waals surface area (Å²) in [6, 6.07) is 4.78. The molecule has 0 unspecified atom stereocenters. The van der Waals surface area contributed by atoms with E-state index < -0.39 is 6.61 Å². The standard InChI is InChI=1S/C17H18F2N2O3S/c1-23-12-7-5-6-11(14(12)24-16(18)19)10-13-15(22)20-17(25-13)21-8-3-2-4-9-21/h5-7,10,16H,2-4,8-9H2,1H3/b13-10-. The van der Waals surface area contributed by atoms with Crippen LogP contribution in [0.1, 0.15) is 24.8 Å². The van der Waals surface area contributed by atoms with Gasteiger partial charge in [0.05, 0.1) is 12.0 Å². The molecule has 0 aliphatic carbocycles. The molecule has 5 nitrogen and oxygen atoms in total. The Morgan fingerprint density at radius 1 is 1.28 bits per heavy atom. The second-order valence-corrected chi connectivity index (χ2v) is 6.62. The van der Waals surface area contributed by atoms with E-state index in [1.165, 1.54) is 37.4 Å². The van der Waals surface area contributed by atoms with Gasteiger partial charge in [0.25, 0.3) is 5.91 Å². The fourth-order valence-electron chi connectivity index (χ4n) is 2.78. The van der Waals surface area contributed by atoms with Crippen LogP contribution in [0, 0.1) is 0 Å². The summed E-state index contributed by atoms with van der Waals surface area (Å²) in [7, 11) is 1.37. The predicted molar refractivity (Wildman–Crippen MR) is 93.1 cm³/mol. The van der Waals surface area contributed by atoms with Gasteiger partial charge in [-0.2, -0.15) is 13.8 Å². The molecule has 1 saturated heterocycles. The maximum Gasteiger partial charge on any atom is 0.387 e. The van der Waals surface area contributed by atoms with Crippen LogP contribution in [-0.4, -0.2) is 42.8 Å². The van der Waals surface area contributed by atoms with Crippen molar-refractivity contribution in [1.29, 1.82) is 0 Å². The van der Waals surface area contributed by atoms with Gasteiger partial charge in [0.1, 0.15) is 0 Å². The molecule has 1 fully saturated rings. The van der Waals surface area contributed by atoms with Crippen LogP contribution in [0.25, 0.3) is 6.08 Å². The van der Waals surface area contributed by atoms with E-state index >= 15 is 0 Å². The van der Waals surface area contributed by atoms with E-state index in [0.29, 0.717) is 15.6 Å². The number of carbonyl (C=O) groups is 1. The number of alkyl halides is 2. The first-order chi connectivity index (χ1) is 12.1. The van der Waals surface area contributed by atoms with Crippen LogP contribution in [0.5, 0.6) is 11.5 Å². The molecule has 0 N–H and O–H groups in total. The van der Waals surface area contributed by atoms with Crippen LogP contribution in [0.4, 0.5) is 8.78 Å². The van der Waals surface area contributed by atoms with E-state index in [1.54, 1.807) is 12.1 Å². The van der Waals surface area contributed by atoms with Gasteiger partial charge in [-0.05, 0) is 43.2 Å². The number of para-hydroxylation sites is 1. The number of benzene rings is 1. The van der Waals surface area contributed by atoms with Crippen molar-refractivity contribution in [2.45, 2.75) is 25.9 Å². The number of piperidine rings is 1. The number of aliphatic imine (C=N–C) groups is 1. The van der Waals surface area contributed by atoms with Crippen molar-refractivity contribution in [2.75, 3.05) is 20.2 Å². The molecular formula is C17H18F2N2O3S. The highest BCUT2D eigenvalue weighted by atomic mass is 32.2. The van der Waals surface area contributed by atoms with E-state index in [4.69, 9.17) is 4.74 Å². The molecule has 2 heterocycles. The van der Waals surface area contributed by atoms with Gasteiger partial charge in [0.15, 0.2) is 16.7 Å². The minimum absolute atomic E-state index is 0.0904. The van der Waals surface area contributed by atoms with Crippen molar-refractivity contribution in [1.82, 2.24) is 4.90 Å². The molecule has 134 valence electrons. The number of carbonyl (C=O) groups excluding carboxylic acids is 1. The van der Waals surface area contributed by atoms with E-state index in [9.17, 15) is 13.6 Å². The SMILES string of the molecule is COc1cccc(/C=C2\SC(N3CCCCC3)=NC2=O)c1OC(F)F. The largest absolute Gasteiger partial charge is 0.493 e. The van der Waals surface area contributed by atoms with Crippen molar-refractivity contribution in [3.8, 4) is 11.5 Å². The number of hydrogen-bond acceptors (Lipinski definition) is 5. The van der Waals surface area contributed by atoms with Crippen LogP contribution in [0.3, 0.4) is 0 Å². The predicted octanol–water partition coefficient (Wildman–Crippen LogP) is 3.75. The van der Waals surface area contributed by atoms with Gasteiger partial charge >= 0.3 is 6.61 Å². The number of amidine groups is 1. The third kappa shape index (κ3) is 4.12. The van der Waals surface area contributed by atoms with Crippen LogP contribution in [-0.2, 0) is 4.79 Å². The smallest absolute Gasteiger partial charge is 0.387 e. The Kier molecular flexibility index (Phi) is 5.57. The summed E-state index contributed by atoms with van der Waals surface area (Å²) < 4.78 is 35.1. The lowest BCUT2D eigenvalue weighted by molar-refractivity contribution is -0.113. The summed E-state index contributed by atoms with van der Waals surface area (Å²) >= 11 is 1.26. The Morgan fingerprint density at radius 3 is 2.72 bits per heavy atom. The first kappa shape index (κ1) is 17.7. The van der Waals surface area contributed by atoms with Crippen molar-refractivity contribution < 1.29 is 23.0 Å². The molecular weight excluding hydrogens is 350 g/mol. The number of ether oxygens (including phenoxy) is 2. The first-order valence-electron chi connectivity index (χ1n) is 7.98. The molecule has 1 aromatic rings. The molecule has 25 heavy (non-hydrogen) atoms. The lowest BCUT2D eigenvalue weighted by atomic mass is 10.1. The fourth-order valence-corrected chi connectivity index (χ4v) is 3.74. The maximum absolute atomic E-state index is 12.7. The zero-order chi connectivity index (χ0) is 17.8. The number of thioether (sulfide) groups is 1. The van der Waals surface area contributed by atoms with E-state index in [-0.39, 0.29) is 17.4 Å². The number of nitrogens with zero attached hydrogens (tertiary/aromatic N) is 2. The normalized spacial score (nSPS) is 19.5. The third-order valence-electron chi connectivity index (χ3n) is 3.96. The summed E-state index contributed by atoms with van der Waals surface area (Å²) in [6.07, 6.45) is 4.86. The molecule has 3 rings (SSSR count). The van der Waals surface area contributed by atoms with Crippen molar-refractivity contribution in [3.05, 3.63) is 28.7 Å². The topological polar surface area (TPSA) is 51.1 Å². The highest BCUT2D eigenvalue weighted by Crippen LogP contribution is 2.37. The lowest BCUT2D eigenvalue weighted by Crippen LogP contribution is -2.33. The lowest BCUT2D eigenvalue weighted by Gasteiger charge is -2.27. The molecule has 1 amide bonds. The molecule has 1 aromatic carbocycles. The van der Waals surface area contributed by atoms with E-state index in [1.807, 2.05) is 0 Å². The second kappa shape index (κ2) is 7.86. The Morgan fingerprint density at radius 2 is 2.04 bits per heavy atom. The van der Waals surface area contributed by atoms with E-state index in [0.717, 1.165) is 25.9 Å². The van der Waals surface area contributed by atoms with Gasteiger partial charge < -0.3 is 14.4 Å². The molecule has 0 spiro atoms. The van der Waals surface area contributed by atoms with E-state index in [2.05, 4.69) is 14.6 Å². The minimum Gasteiger partial charge on any atom is -0.493 e. The number of rotatable bonds is 4. The summed E-state index contributed by atoms with van der Waals surface area (Å²) in [4.78, 5) is 18.8. The third-order valence-corrected chi connectivity index (χ3v) is 5.00. The average molecular weight is 368 g/mol. The molecule has 0 aromatic heterocycles. The summed E-state index contributed by atoms with van der Waals surface area (Å²) in [5.74, 6) is -0.272. The van der Waals surface area contributed by atoms with Gasteiger partial charge in [-0.3, -0.25) is 4.79 Å². The Bertz CT molecular complexity index is 716. The molecule has 0 saturated carbocycles. The second-order valence-electron chi connectivity index (χ2n) is 5.62. The molecule has 2 aliphatic rings. The molecule has 0 bridgehead atoms. The molecule has 8 heteroatoms. The number of likely N-dealkylation sites (tertiary alicyclic amines) is 1. The first-order valence-corrected chi connectivity index (χ1v) is 8.79. The van der Waals surface area contributed by atoms with Crippen molar-refractivity contribution in [2.24, 2.45) is 4.99 Å². The van der Waals surface area contributed by atoms with Gasteiger partial charge in [-0.1, -0.05) is 12.1 Å². The number of methoxy groups -OCH3 is 1. The van der Waals surface area contributed by atoms with Gasteiger partial charge in [-0.25, -0.2) is 0 Å². The fraction of sp³-hybridized carbons (Fsp3) is 0.412. The molecule has 0 radical (unpaired) electrons. The molecule has 0 atom stereocenters. The summed E-state index contributed by atoms with van der Waals surface area (Å²) in [6.45, 7) is -1.23. The summed E-state index contributed by atoms with van der Waals surface area (Å²) in [5, 5.41) is 0.676. The highest BCUT2D eigenvalue weighted by molar-refractivity contribution is 8.18. The van der Waals surface area contributed by atoms with Crippen molar-refractivity contribution >= 4 is 28.9 Å². The Balaban J connectivity index is 1.85. The van der Waals surface area contributed by atoms with Crippen LogP contribution in [0.15, 0.2) is 28.1 Å². The van der Waals surface area contributed by atoms with Gasteiger partial charge in [0.2, 0.25) is 0 Å².